The van der Waals surface area contributed by atoms with Crippen LogP contribution in [0.25, 0.3) is 0 Å². The van der Waals surface area contributed by atoms with Crippen LogP contribution in [0.5, 0.6) is 0 Å². The highest BCUT2D eigenvalue weighted by Gasteiger charge is 2.18. The van der Waals surface area contributed by atoms with Crippen molar-refractivity contribution in [3.63, 3.8) is 0 Å². The lowest BCUT2D eigenvalue weighted by Crippen LogP contribution is -2.20. The van der Waals surface area contributed by atoms with Crippen LogP contribution in [-0.2, 0) is 6.54 Å². The second-order valence-corrected chi connectivity index (χ2v) is 6.71. The average Bonchev–Trinajstić information content (AvgIpc) is 2.84. The van der Waals surface area contributed by atoms with Crippen LogP contribution in [0.2, 0.25) is 0 Å². The predicted molar refractivity (Wildman–Crippen MR) is 78.7 cm³/mol. The number of aromatic carboxylic acids is 1. The molecule has 0 saturated heterocycles. The van der Waals surface area contributed by atoms with Gasteiger partial charge in [-0.05, 0) is 37.3 Å². The minimum Gasteiger partial charge on any atom is -0.478 e. The number of carboxylic acid groups (broad SMARTS) is 1. The Morgan fingerprint density at radius 1 is 1.53 bits per heavy atom. The van der Waals surface area contributed by atoms with Crippen molar-refractivity contribution in [2.45, 2.75) is 45.6 Å². The fraction of sp³-hybridized carbons (Fsp3) is 0.667. The van der Waals surface area contributed by atoms with Crippen molar-refractivity contribution in [1.82, 2.24) is 5.32 Å². The summed E-state index contributed by atoms with van der Waals surface area (Å²) in [7, 11) is 0. The second kappa shape index (κ2) is 7.06. The summed E-state index contributed by atoms with van der Waals surface area (Å²) in [5, 5.41) is 14.0. The van der Waals surface area contributed by atoms with Crippen LogP contribution < -0.4 is 5.32 Å². The molecule has 0 aromatic carbocycles. The van der Waals surface area contributed by atoms with Crippen molar-refractivity contribution >= 4 is 17.3 Å². The highest BCUT2D eigenvalue weighted by atomic mass is 32.1. The molecule has 1 saturated carbocycles. The van der Waals surface area contributed by atoms with Gasteiger partial charge in [0.15, 0.2) is 0 Å². The first-order chi connectivity index (χ1) is 9.15. The molecule has 1 aromatic rings. The normalized spacial score (nSPS) is 23.4. The number of thiophene rings is 1. The van der Waals surface area contributed by atoms with Gasteiger partial charge in [-0.2, -0.15) is 0 Å². The van der Waals surface area contributed by atoms with E-state index in [4.69, 9.17) is 5.11 Å². The van der Waals surface area contributed by atoms with Gasteiger partial charge in [-0.1, -0.05) is 26.2 Å². The van der Waals surface area contributed by atoms with Crippen molar-refractivity contribution in [2.75, 3.05) is 6.54 Å². The molecule has 106 valence electrons. The summed E-state index contributed by atoms with van der Waals surface area (Å²) in [5.74, 6) is 0.946. The van der Waals surface area contributed by atoms with Gasteiger partial charge in [0.2, 0.25) is 0 Å². The maximum Gasteiger partial charge on any atom is 0.336 e. The van der Waals surface area contributed by atoms with E-state index in [-0.39, 0.29) is 0 Å². The Labute approximate surface area is 119 Å². The SMILES string of the molecule is CC1CCCC(CCNCc2cc(C(=O)O)cs2)C1. The summed E-state index contributed by atoms with van der Waals surface area (Å²) in [6.45, 7) is 4.19. The molecule has 1 heterocycles. The van der Waals surface area contributed by atoms with E-state index in [1.54, 1.807) is 11.4 Å². The highest BCUT2D eigenvalue weighted by Crippen LogP contribution is 2.30. The molecule has 3 nitrogen and oxygen atoms in total. The molecule has 1 fully saturated rings. The molecule has 2 unspecified atom stereocenters. The monoisotopic (exact) mass is 281 g/mol. The largest absolute Gasteiger partial charge is 0.478 e. The molecule has 0 radical (unpaired) electrons. The Kier molecular flexibility index (Phi) is 5.40. The van der Waals surface area contributed by atoms with Gasteiger partial charge in [-0.3, -0.25) is 0 Å². The first-order valence-corrected chi connectivity index (χ1v) is 8.04. The van der Waals surface area contributed by atoms with E-state index in [0.29, 0.717) is 5.56 Å². The Morgan fingerprint density at radius 2 is 2.37 bits per heavy atom. The third-order valence-corrected chi connectivity index (χ3v) is 4.91. The Hall–Kier alpha value is -0.870. The summed E-state index contributed by atoms with van der Waals surface area (Å²) in [5.41, 5.74) is 0.405. The van der Waals surface area contributed by atoms with Crippen LogP contribution in [-0.4, -0.2) is 17.6 Å². The number of hydrogen-bond donors (Lipinski definition) is 2. The molecule has 1 aromatic heterocycles. The number of nitrogens with one attached hydrogen (secondary N) is 1. The van der Waals surface area contributed by atoms with Crippen LogP contribution in [0, 0.1) is 11.8 Å². The number of hydrogen-bond acceptors (Lipinski definition) is 3. The molecule has 0 aliphatic heterocycles. The van der Waals surface area contributed by atoms with Gasteiger partial charge in [0, 0.05) is 16.8 Å². The molecule has 4 heteroatoms. The molecule has 2 atom stereocenters. The van der Waals surface area contributed by atoms with Gasteiger partial charge < -0.3 is 10.4 Å². The van der Waals surface area contributed by atoms with Crippen molar-refractivity contribution in [2.24, 2.45) is 11.8 Å². The third-order valence-electron chi connectivity index (χ3n) is 3.97. The maximum absolute atomic E-state index is 10.8. The zero-order valence-electron chi connectivity index (χ0n) is 11.5. The van der Waals surface area contributed by atoms with Gasteiger partial charge in [-0.15, -0.1) is 11.3 Å². The lowest BCUT2D eigenvalue weighted by Gasteiger charge is -2.26. The summed E-state index contributed by atoms with van der Waals surface area (Å²) in [6, 6.07) is 1.77. The second-order valence-electron chi connectivity index (χ2n) is 5.71. The average molecular weight is 281 g/mol. The molecule has 2 N–H and O–H groups in total. The van der Waals surface area contributed by atoms with E-state index in [9.17, 15) is 4.79 Å². The van der Waals surface area contributed by atoms with E-state index < -0.39 is 5.97 Å². The first-order valence-electron chi connectivity index (χ1n) is 7.16. The number of carboxylic acids is 1. The summed E-state index contributed by atoms with van der Waals surface area (Å²) >= 11 is 1.52. The van der Waals surface area contributed by atoms with E-state index in [1.807, 2.05) is 0 Å². The third kappa shape index (κ3) is 4.62. The molecular weight excluding hydrogens is 258 g/mol. The van der Waals surface area contributed by atoms with Gasteiger partial charge >= 0.3 is 5.97 Å². The molecule has 0 spiro atoms. The standard InChI is InChI=1S/C15H23NO2S/c1-11-3-2-4-12(7-11)5-6-16-9-14-8-13(10-19-14)15(17)18/h8,10-12,16H,2-7,9H2,1H3,(H,17,18). The minimum atomic E-state index is -0.835. The topological polar surface area (TPSA) is 49.3 Å². The van der Waals surface area contributed by atoms with E-state index in [2.05, 4.69) is 12.2 Å². The van der Waals surface area contributed by atoms with E-state index in [0.717, 1.165) is 29.8 Å². The van der Waals surface area contributed by atoms with Crippen LogP contribution in [0.4, 0.5) is 0 Å². The molecule has 0 amide bonds. The van der Waals surface area contributed by atoms with Crippen LogP contribution in [0.1, 0.15) is 54.3 Å². The summed E-state index contributed by atoms with van der Waals surface area (Å²) in [6.07, 6.45) is 6.80. The number of rotatable bonds is 6. The molecule has 1 aliphatic rings. The zero-order valence-corrected chi connectivity index (χ0v) is 12.3. The molecule has 19 heavy (non-hydrogen) atoms. The lowest BCUT2D eigenvalue weighted by atomic mass is 9.81. The highest BCUT2D eigenvalue weighted by molar-refractivity contribution is 7.10. The van der Waals surface area contributed by atoms with Crippen LogP contribution >= 0.6 is 11.3 Å². The van der Waals surface area contributed by atoms with Crippen molar-refractivity contribution in [1.29, 1.82) is 0 Å². The smallest absolute Gasteiger partial charge is 0.336 e. The van der Waals surface area contributed by atoms with Gasteiger partial charge in [0.05, 0.1) is 5.56 Å². The van der Waals surface area contributed by atoms with E-state index in [1.165, 1.54) is 43.4 Å². The minimum absolute atomic E-state index is 0.405. The predicted octanol–water partition coefficient (Wildman–Crippen LogP) is 3.75. The number of carbonyl (C=O) groups is 1. The quantitative estimate of drug-likeness (QED) is 0.781. The zero-order chi connectivity index (χ0) is 13.7. The van der Waals surface area contributed by atoms with E-state index >= 15 is 0 Å². The fourth-order valence-electron chi connectivity index (χ4n) is 2.93. The first kappa shape index (κ1) is 14.5. The summed E-state index contributed by atoms with van der Waals surface area (Å²) in [4.78, 5) is 11.9. The molecular formula is C15H23NO2S. The molecule has 2 rings (SSSR count). The van der Waals surface area contributed by atoms with Gasteiger partial charge in [0.25, 0.3) is 0 Å². The van der Waals surface area contributed by atoms with Crippen molar-refractivity contribution < 1.29 is 9.90 Å². The van der Waals surface area contributed by atoms with Crippen LogP contribution in [0.3, 0.4) is 0 Å². The van der Waals surface area contributed by atoms with Gasteiger partial charge in [-0.25, -0.2) is 4.79 Å². The molecule has 0 bridgehead atoms. The maximum atomic E-state index is 10.8. The Balaban J connectivity index is 1.64. The van der Waals surface area contributed by atoms with Crippen LogP contribution in [0.15, 0.2) is 11.4 Å². The van der Waals surface area contributed by atoms with Crippen molar-refractivity contribution in [3.8, 4) is 0 Å². The lowest BCUT2D eigenvalue weighted by molar-refractivity contribution is 0.0697. The van der Waals surface area contributed by atoms with Gasteiger partial charge in [0.1, 0.15) is 0 Å². The fourth-order valence-corrected chi connectivity index (χ4v) is 3.75. The Bertz CT molecular complexity index is 416. The Morgan fingerprint density at radius 3 is 3.05 bits per heavy atom. The van der Waals surface area contributed by atoms with Crippen molar-refractivity contribution in [3.05, 3.63) is 21.9 Å². The molecule has 1 aliphatic carbocycles. The summed E-state index contributed by atoms with van der Waals surface area (Å²) < 4.78 is 0.